The predicted molar refractivity (Wildman–Crippen MR) is 167 cm³/mol. The zero-order valence-corrected chi connectivity index (χ0v) is 22.1. The minimum atomic E-state index is 0.587. The highest BCUT2D eigenvalue weighted by Gasteiger charge is 2.15. The minimum Gasteiger partial charge on any atom is -0.309 e. The number of benzene rings is 6. The molecule has 0 aliphatic carbocycles. The topological polar surface area (TPSA) is 52.5 Å². The summed E-state index contributed by atoms with van der Waals surface area (Å²) >= 11 is 0. The molecule has 0 unspecified atom stereocenters. The van der Waals surface area contributed by atoms with Crippen molar-refractivity contribution in [1.29, 1.82) is 10.5 Å². The van der Waals surface area contributed by atoms with Crippen LogP contribution >= 0.6 is 0 Å². The van der Waals surface area contributed by atoms with Crippen molar-refractivity contribution in [3.63, 3.8) is 0 Å². The van der Waals surface area contributed by atoms with Gasteiger partial charge in [0.15, 0.2) is 0 Å². The third kappa shape index (κ3) is 4.23. The third-order valence-electron chi connectivity index (χ3n) is 7.62. The van der Waals surface area contributed by atoms with Crippen LogP contribution in [-0.2, 0) is 0 Å². The highest BCUT2D eigenvalue weighted by Crippen LogP contribution is 2.37. The van der Waals surface area contributed by atoms with Gasteiger partial charge in [-0.3, -0.25) is 0 Å². The maximum absolute atomic E-state index is 10.1. The van der Waals surface area contributed by atoms with Crippen molar-refractivity contribution in [1.82, 2.24) is 4.57 Å². The number of rotatable bonds is 4. The van der Waals surface area contributed by atoms with E-state index >= 15 is 0 Å². The first kappa shape index (κ1) is 24.2. The second kappa shape index (κ2) is 10.0. The van der Waals surface area contributed by atoms with Crippen LogP contribution in [0.15, 0.2) is 140 Å². The molecule has 7 rings (SSSR count). The van der Waals surface area contributed by atoms with Crippen LogP contribution in [0.4, 0.5) is 0 Å². The highest BCUT2D eigenvalue weighted by molar-refractivity contribution is 6.09. The predicted octanol–water partition coefficient (Wildman–Crippen LogP) is 9.53. The van der Waals surface area contributed by atoms with Gasteiger partial charge in [-0.15, -0.1) is 0 Å². The molecule has 6 aromatic carbocycles. The maximum atomic E-state index is 10.1. The molecule has 1 aromatic heterocycles. The largest absolute Gasteiger partial charge is 0.309 e. The quantitative estimate of drug-likeness (QED) is 0.232. The van der Waals surface area contributed by atoms with Crippen LogP contribution in [0.5, 0.6) is 0 Å². The Kier molecular flexibility index (Phi) is 5.90. The van der Waals surface area contributed by atoms with Crippen LogP contribution in [0.2, 0.25) is 0 Å². The van der Waals surface area contributed by atoms with Crippen molar-refractivity contribution in [2.75, 3.05) is 0 Å². The molecule has 7 aromatic rings. The van der Waals surface area contributed by atoms with E-state index in [1.54, 1.807) is 0 Å². The number of hydrogen-bond acceptors (Lipinski definition) is 2. The molecule has 0 atom stereocenters. The van der Waals surface area contributed by atoms with Crippen molar-refractivity contribution in [3.8, 4) is 51.2 Å². The second-order valence-corrected chi connectivity index (χ2v) is 10.1. The Hall–Kier alpha value is -5.90. The smallest absolute Gasteiger partial charge is 0.0998 e. The van der Waals surface area contributed by atoms with Gasteiger partial charge >= 0.3 is 0 Å². The Morgan fingerprint density at radius 1 is 0.439 bits per heavy atom. The van der Waals surface area contributed by atoms with Gasteiger partial charge in [-0.2, -0.15) is 10.5 Å². The van der Waals surface area contributed by atoms with Crippen LogP contribution in [0, 0.1) is 22.7 Å². The molecule has 0 amide bonds. The first-order valence-corrected chi connectivity index (χ1v) is 13.5. The van der Waals surface area contributed by atoms with Crippen molar-refractivity contribution in [2.24, 2.45) is 0 Å². The summed E-state index contributed by atoms with van der Waals surface area (Å²) in [5, 5.41) is 22.3. The van der Waals surface area contributed by atoms with E-state index in [0.29, 0.717) is 11.1 Å². The molecule has 0 radical (unpaired) electrons. The Bertz CT molecular complexity index is 2120. The van der Waals surface area contributed by atoms with E-state index in [-0.39, 0.29) is 0 Å². The summed E-state index contributed by atoms with van der Waals surface area (Å²) in [6.45, 7) is 0. The molecule has 0 N–H and O–H groups in total. The van der Waals surface area contributed by atoms with Crippen LogP contribution in [0.3, 0.4) is 0 Å². The molecule has 0 bridgehead atoms. The lowest BCUT2D eigenvalue weighted by Gasteiger charge is -2.14. The lowest BCUT2D eigenvalue weighted by molar-refractivity contribution is 1.18. The molecular formula is C38H23N3. The van der Waals surface area contributed by atoms with Crippen LogP contribution in [0.25, 0.3) is 60.9 Å². The summed E-state index contributed by atoms with van der Waals surface area (Å²) in [6, 6.07) is 51.9. The van der Waals surface area contributed by atoms with Crippen molar-refractivity contribution >= 4 is 21.8 Å². The average Bonchev–Trinajstić information content (AvgIpc) is 3.39. The Morgan fingerprint density at radius 3 is 1.68 bits per heavy atom. The molecule has 0 saturated carbocycles. The fourth-order valence-electron chi connectivity index (χ4n) is 5.75. The molecule has 0 saturated heterocycles. The standard InChI is InChI=1S/C38H23N3/c39-24-26-18-29(23-33(19-26)41-37-16-8-6-14-35(37)36-15-7-9-17-38(36)41)31-20-30(27-10-2-1-3-11-27)21-32(22-31)34-13-5-4-12-28(34)25-40/h1-23H. The Labute approximate surface area is 238 Å². The van der Waals surface area contributed by atoms with E-state index in [9.17, 15) is 10.5 Å². The monoisotopic (exact) mass is 521 g/mol. The van der Waals surface area contributed by atoms with Gasteiger partial charge in [0.1, 0.15) is 0 Å². The van der Waals surface area contributed by atoms with Gasteiger partial charge < -0.3 is 4.57 Å². The van der Waals surface area contributed by atoms with E-state index in [0.717, 1.165) is 50.1 Å². The second-order valence-electron chi connectivity index (χ2n) is 10.1. The summed E-state index contributed by atoms with van der Waals surface area (Å²) < 4.78 is 2.24. The third-order valence-corrected chi connectivity index (χ3v) is 7.62. The molecule has 0 aliphatic rings. The lowest BCUT2D eigenvalue weighted by atomic mass is 9.91. The maximum Gasteiger partial charge on any atom is 0.0998 e. The molecule has 3 heteroatoms. The summed E-state index contributed by atoms with van der Waals surface area (Å²) in [7, 11) is 0. The minimum absolute atomic E-state index is 0.587. The molecule has 3 nitrogen and oxygen atoms in total. The molecule has 41 heavy (non-hydrogen) atoms. The number of hydrogen-bond donors (Lipinski definition) is 0. The first-order chi connectivity index (χ1) is 20.2. The molecule has 0 fully saturated rings. The number of para-hydroxylation sites is 2. The summed E-state index contributed by atoms with van der Waals surface area (Å²) in [5.41, 5.74) is 10.2. The van der Waals surface area contributed by atoms with Crippen LogP contribution in [0.1, 0.15) is 11.1 Å². The number of fused-ring (bicyclic) bond motifs is 3. The van der Waals surface area contributed by atoms with E-state index in [1.165, 1.54) is 10.8 Å². The van der Waals surface area contributed by atoms with Gasteiger partial charge in [-0.05, 0) is 88.0 Å². The fraction of sp³-hybridized carbons (Fsp3) is 0. The highest BCUT2D eigenvalue weighted by atomic mass is 15.0. The zero-order valence-electron chi connectivity index (χ0n) is 22.1. The summed E-state index contributed by atoms with van der Waals surface area (Å²) in [4.78, 5) is 0. The van der Waals surface area contributed by atoms with Gasteiger partial charge in [0, 0.05) is 16.5 Å². The Balaban J connectivity index is 1.50. The average molecular weight is 522 g/mol. The molecular weight excluding hydrogens is 498 g/mol. The summed E-state index contributed by atoms with van der Waals surface area (Å²) in [5.74, 6) is 0. The fourth-order valence-corrected chi connectivity index (χ4v) is 5.75. The van der Waals surface area contributed by atoms with Gasteiger partial charge in [0.25, 0.3) is 0 Å². The normalized spacial score (nSPS) is 10.9. The van der Waals surface area contributed by atoms with Gasteiger partial charge in [0.2, 0.25) is 0 Å². The number of nitriles is 2. The van der Waals surface area contributed by atoms with Crippen molar-refractivity contribution in [3.05, 3.63) is 151 Å². The SMILES string of the molecule is N#Cc1cc(-c2cc(-c3ccccc3)cc(-c3ccccc3C#N)c2)cc(-n2c3ccccc3c3ccccc32)c1. The van der Waals surface area contributed by atoms with E-state index in [2.05, 4.69) is 102 Å². The molecule has 0 spiro atoms. The Morgan fingerprint density at radius 2 is 1.00 bits per heavy atom. The molecule has 1 heterocycles. The van der Waals surface area contributed by atoms with Crippen molar-refractivity contribution < 1.29 is 0 Å². The van der Waals surface area contributed by atoms with E-state index in [4.69, 9.17) is 0 Å². The van der Waals surface area contributed by atoms with E-state index < -0.39 is 0 Å². The summed E-state index contributed by atoms with van der Waals surface area (Å²) in [6.07, 6.45) is 0. The zero-order chi connectivity index (χ0) is 27.8. The van der Waals surface area contributed by atoms with E-state index in [1.807, 2.05) is 54.6 Å². The van der Waals surface area contributed by atoms with Gasteiger partial charge in [0.05, 0.1) is 34.3 Å². The van der Waals surface area contributed by atoms with Gasteiger partial charge in [-0.25, -0.2) is 0 Å². The first-order valence-electron chi connectivity index (χ1n) is 13.5. The number of nitrogens with zero attached hydrogens (tertiary/aromatic N) is 3. The van der Waals surface area contributed by atoms with Crippen LogP contribution in [-0.4, -0.2) is 4.57 Å². The molecule has 190 valence electrons. The van der Waals surface area contributed by atoms with Crippen LogP contribution < -0.4 is 0 Å². The van der Waals surface area contributed by atoms with Crippen molar-refractivity contribution in [2.45, 2.75) is 0 Å². The molecule has 0 aliphatic heterocycles. The number of aromatic nitrogens is 1. The van der Waals surface area contributed by atoms with Gasteiger partial charge in [-0.1, -0.05) is 84.9 Å². The lowest BCUT2D eigenvalue weighted by Crippen LogP contribution is -1.96.